The van der Waals surface area contributed by atoms with Gasteiger partial charge in [-0.05, 0) is 74.5 Å². The zero-order valence-electron chi connectivity index (χ0n) is 16.1. The van der Waals surface area contributed by atoms with E-state index in [0.29, 0.717) is 24.5 Å². The maximum atomic E-state index is 12.7. The van der Waals surface area contributed by atoms with E-state index in [-0.39, 0.29) is 10.0 Å². The van der Waals surface area contributed by atoms with Gasteiger partial charge in [-0.15, -0.1) is 0 Å². The number of hydrogen-bond acceptors (Lipinski definition) is 5. The molecule has 1 aromatic carbocycles. The highest BCUT2D eigenvalue weighted by molar-refractivity contribution is 7.89. The number of amides is 1. The lowest BCUT2D eigenvalue weighted by Gasteiger charge is -2.25. The van der Waals surface area contributed by atoms with Gasteiger partial charge in [0.15, 0.2) is 5.11 Å². The molecule has 7 nitrogen and oxygen atoms in total. The Labute approximate surface area is 175 Å². The number of sulfonamides is 1. The van der Waals surface area contributed by atoms with Crippen LogP contribution >= 0.6 is 12.2 Å². The predicted molar refractivity (Wildman–Crippen MR) is 116 cm³/mol. The minimum atomic E-state index is -3.47. The first-order valence-electron chi connectivity index (χ1n) is 9.31. The molecule has 2 N–H and O–H groups in total. The van der Waals surface area contributed by atoms with Crippen molar-refractivity contribution < 1.29 is 17.6 Å². The number of benzene rings is 1. The second-order valence-corrected chi connectivity index (χ2v) is 9.06. The molecule has 29 heavy (non-hydrogen) atoms. The van der Waals surface area contributed by atoms with Crippen molar-refractivity contribution in [3.05, 3.63) is 54.0 Å². The molecule has 1 aromatic heterocycles. The van der Waals surface area contributed by atoms with Crippen LogP contribution in [0, 0.1) is 6.92 Å². The fraction of sp³-hybridized carbons (Fsp3) is 0.300. The van der Waals surface area contributed by atoms with Crippen LogP contribution in [0.5, 0.6) is 0 Å². The number of aryl methyl sites for hydroxylation is 1. The van der Waals surface area contributed by atoms with Crippen LogP contribution in [0.1, 0.15) is 30.8 Å². The van der Waals surface area contributed by atoms with Crippen molar-refractivity contribution in [2.75, 3.05) is 18.4 Å². The molecule has 1 fully saturated rings. The molecular weight excluding hydrogens is 410 g/mol. The summed E-state index contributed by atoms with van der Waals surface area (Å²) >= 11 is 5.13. The summed E-state index contributed by atoms with van der Waals surface area (Å²) in [7, 11) is -3.47. The van der Waals surface area contributed by atoms with Crippen molar-refractivity contribution in [3.8, 4) is 0 Å². The van der Waals surface area contributed by atoms with Gasteiger partial charge in [-0.1, -0.05) is 6.42 Å². The van der Waals surface area contributed by atoms with E-state index in [0.717, 1.165) is 25.0 Å². The Morgan fingerprint density at radius 3 is 2.41 bits per heavy atom. The monoisotopic (exact) mass is 433 g/mol. The number of nitrogens with zero attached hydrogens (tertiary/aromatic N) is 1. The Morgan fingerprint density at radius 1 is 1.10 bits per heavy atom. The molecule has 0 atom stereocenters. The van der Waals surface area contributed by atoms with Gasteiger partial charge in [-0.2, -0.15) is 4.31 Å². The van der Waals surface area contributed by atoms with Crippen molar-refractivity contribution >= 4 is 45.0 Å². The van der Waals surface area contributed by atoms with Gasteiger partial charge < -0.3 is 9.73 Å². The smallest absolute Gasteiger partial charge is 0.250 e. The molecule has 0 spiro atoms. The molecule has 1 aliphatic heterocycles. The number of hydrogen-bond donors (Lipinski definition) is 2. The van der Waals surface area contributed by atoms with Crippen LogP contribution in [0.15, 0.2) is 51.8 Å². The Bertz CT molecular complexity index is 1000. The van der Waals surface area contributed by atoms with Crippen LogP contribution in [0.3, 0.4) is 0 Å². The number of rotatable bonds is 5. The standard InChI is InChI=1S/C20H23N3O4S2/c1-15-5-8-17(27-15)9-12-19(24)22-20(28)21-16-6-10-18(11-7-16)29(25,26)23-13-3-2-4-14-23/h5-12H,2-4,13-14H2,1H3,(H2,21,22,24,28)/b12-9+. The highest BCUT2D eigenvalue weighted by Crippen LogP contribution is 2.22. The van der Waals surface area contributed by atoms with Gasteiger partial charge in [0.2, 0.25) is 15.9 Å². The lowest BCUT2D eigenvalue weighted by Crippen LogP contribution is -2.35. The van der Waals surface area contributed by atoms with E-state index in [1.54, 1.807) is 30.3 Å². The summed E-state index contributed by atoms with van der Waals surface area (Å²) in [6.07, 6.45) is 5.71. The Morgan fingerprint density at radius 2 is 1.79 bits per heavy atom. The molecule has 3 rings (SSSR count). The van der Waals surface area contributed by atoms with Crippen LogP contribution in [-0.2, 0) is 14.8 Å². The van der Waals surface area contributed by atoms with E-state index in [2.05, 4.69) is 10.6 Å². The van der Waals surface area contributed by atoms with Crippen LogP contribution in [-0.4, -0.2) is 36.8 Å². The zero-order chi connectivity index (χ0) is 20.9. The molecule has 0 aliphatic carbocycles. The average molecular weight is 434 g/mol. The van der Waals surface area contributed by atoms with Gasteiger partial charge in [-0.3, -0.25) is 10.1 Å². The van der Waals surface area contributed by atoms with Crippen molar-refractivity contribution in [2.24, 2.45) is 0 Å². The molecule has 1 amide bonds. The van der Waals surface area contributed by atoms with Gasteiger partial charge in [-0.25, -0.2) is 8.42 Å². The quantitative estimate of drug-likeness (QED) is 0.555. The predicted octanol–water partition coefficient (Wildman–Crippen LogP) is 3.29. The summed E-state index contributed by atoms with van der Waals surface area (Å²) < 4.78 is 32.2. The third-order valence-corrected chi connectivity index (χ3v) is 6.58. The molecule has 1 aliphatic rings. The average Bonchev–Trinajstić information content (AvgIpc) is 3.12. The molecule has 0 unspecified atom stereocenters. The van der Waals surface area contributed by atoms with E-state index in [4.69, 9.17) is 16.6 Å². The number of thiocarbonyl (C=S) groups is 1. The van der Waals surface area contributed by atoms with Gasteiger partial charge in [0, 0.05) is 24.9 Å². The Balaban J connectivity index is 1.55. The third-order valence-electron chi connectivity index (χ3n) is 4.46. The molecule has 0 bridgehead atoms. The van der Waals surface area contributed by atoms with E-state index in [9.17, 15) is 13.2 Å². The summed E-state index contributed by atoms with van der Waals surface area (Å²) in [5, 5.41) is 5.51. The summed E-state index contributed by atoms with van der Waals surface area (Å²) in [4.78, 5) is 12.2. The first-order valence-corrected chi connectivity index (χ1v) is 11.2. The lowest BCUT2D eigenvalue weighted by molar-refractivity contribution is -0.115. The number of anilines is 1. The molecular formula is C20H23N3O4S2. The molecule has 2 aromatic rings. The van der Waals surface area contributed by atoms with E-state index in [1.165, 1.54) is 22.5 Å². The molecule has 2 heterocycles. The maximum Gasteiger partial charge on any atom is 0.250 e. The minimum Gasteiger partial charge on any atom is -0.462 e. The van der Waals surface area contributed by atoms with Crippen LogP contribution in [0.25, 0.3) is 6.08 Å². The zero-order valence-corrected chi connectivity index (χ0v) is 17.7. The Kier molecular flexibility index (Phi) is 6.83. The van der Waals surface area contributed by atoms with Crippen LogP contribution in [0.4, 0.5) is 5.69 Å². The summed E-state index contributed by atoms with van der Waals surface area (Å²) in [5.74, 6) is 0.927. The summed E-state index contributed by atoms with van der Waals surface area (Å²) in [6, 6.07) is 9.88. The van der Waals surface area contributed by atoms with Crippen LogP contribution in [0.2, 0.25) is 0 Å². The fourth-order valence-electron chi connectivity index (χ4n) is 2.98. The molecule has 0 saturated carbocycles. The normalized spacial score (nSPS) is 15.3. The molecule has 0 radical (unpaired) electrons. The Hall–Kier alpha value is -2.49. The van der Waals surface area contributed by atoms with Gasteiger partial charge in [0.25, 0.3) is 0 Å². The molecule has 1 saturated heterocycles. The highest BCUT2D eigenvalue weighted by atomic mass is 32.2. The number of carbonyl (C=O) groups excluding carboxylic acids is 1. The number of furan rings is 1. The van der Waals surface area contributed by atoms with Gasteiger partial charge >= 0.3 is 0 Å². The van der Waals surface area contributed by atoms with Crippen LogP contribution < -0.4 is 10.6 Å². The lowest BCUT2D eigenvalue weighted by atomic mass is 10.2. The van der Waals surface area contributed by atoms with Crippen molar-refractivity contribution in [1.29, 1.82) is 0 Å². The second-order valence-electron chi connectivity index (χ2n) is 6.71. The second kappa shape index (κ2) is 9.34. The topological polar surface area (TPSA) is 91.7 Å². The molecule has 9 heteroatoms. The van der Waals surface area contributed by atoms with Crippen molar-refractivity contribution in [2.45, 2.75) is 31.1 Å². The van der Waals surface area contributed by atoms with Crippen molar-refractivity contribution in [1.82, 2.24) is 9.62 Å². The van der Waals surface area contributed by atoms with Crippen molar-refractivity contribution in [3.63, 3.8) is 0 Å². The fourth-order valence-corrected chi connectivity index (χ4v) is 4.72. The first-order chi connectivity index (χ1) is 13.8. The van der Waals surface area contributed by atoms with Gasteiger partial charge in [0.1, 0.15) is 11.5 Å². The number of piperidine rings is 1. The largest absolute Gasteiger partial charge is 0.462 e. The van der Waals surface area contributed by atoms with E-state index >= 15 is 0 Å². The highest BCUT2D eigenvalue weighted by Gasteiger charge is 2.25. The number of carbonyl (C=O) groups is 1. The minimum absolute atomic E-state index is 0.113. The maximum absolute atomic E-state index is 12.7. The van der Waals surface area contributed by atoms with Gasteiger partial charge in [0.05, 0.1) is 4.90 Å². The van der Waals surface area contributed by atoms with E-state index < -0.39 is 15.9 Å². The first kappa shape index (κ1) is 21.2. The molecule has 154 valence electrons. The SMILES string of the molecule is Cc1ccc(/C=C/C(=O)NC(=S)Nc2ccc(S(=O)(=O)N3CCCCC3)cc2)o1. The number of nitrogens with one attached hydrogen (secondary N) is 2. The summed E-state index contributed by atoms with van der Waals surface area (Å²) in [6.45, 7) is 2.94. The van der Waals surface area contributed by atoms with E-state index in [1.807, 2.05) is 6.92 Å². The third kappa shape index (κ3) is 5.75. The summed E-state index contributed by atoms with van der Waals surface area (Å²) in [5.41, 5.74) is 0.582.